The SMILES string of the molecule is CC1(C(=O)N2CCC(C3CCCN3)CC2)CCCCC1. The zero-order chi connectivity index (χ0) is 14.0. The molecule has 1 unspecified atom stereocenters. The molecule has 3 nitrogen and oxygen atoms in total. The van der Waals surface area contributed by atoms with Gasteiger partial charge < -0.3 is 10.2 Å². The van der Waals surface area contributed by atoms with Gasteiger partial charge in [0.2, 0.25) is 5.91 Å². The monoisotopic (exact) mass is 278 g/mol. The van der Waals surface area contributed by atoms with Crippen molar-refractivity contribution in [3.63, 3.8) is 0 Å². The molecule has 2 aliphatic heterocycles. The molecule has 3 heteroatoms. The van der Waals surface area contributed by atoms with Crippen molar-refractivity contribution in [1.29, 1.82) is 0 Å². The summed E-state index contributed by atoms with van der Waals surface area (Å²) in [5.74, 6) is 1.26. The predicted molar refractivity (Wildman–Crippen MR) is 81.5 cm³/mol. The van der Waals surface area contributed by atoms with Gasteiger partial charge in [-0.1, -0.05) is 26.2 Å². The van der Waals surface area contributed by atoms with Crippen molar-refractivity contribution < 1.29 is 4.79 Å². The summed E-state index contributed by atoms with van der Waals surface area (Å²) in [7, 11) is 0. The van der Waals surface area contributed by atoms with E-state index in [0.717, 1.165) is 37.9 Å². The number of likely N-dealkylation sites (tertiary alicyclic amines) is 1. The highest BCUT2D eigenvalue weighted by Crippen LogP contribution is 2.38. The number of nitrogens with zero attached hydrogens (tertiary/aromatic N) is 1. The molecule has 0 spiro atoms. The van der Waals surface area contributed by atoms with Gasteiger partial charge in [-0.05, 0) is 51.0 Å². The maximum atomic E-state index is 12.8. The van der Waals surface area contributed by atoms with Gasteiger partial charge in [0.25, 0.3) is 0 Å². The van der Waals surface area contributed by atoms with Crippen LogP contribution in [0.15, 0.2) is 0 Å². The van der Waals surface area contributed by atoms with Gasteiger partial charge in [-0.3, -0.25) is 4.79 Å². The summed E-state index contributed by atoms with van der Waals surface area (Å²) in [6.45, 7) is 5.40. The Morgan fingerprint density at radius 1 is 1.05 bits per heavy atom. The number of rotatable bonds is 2. The Balaban J connectivity index is 1.53. The molecule has 0 aromatic heterocycles. The van der Waals surface area contributed by atoms with Crippen LogP contribution in [0.3, 0.4) is 0 Å². The first kappa shape index (κ1) is 14.4. The Morgan fingerprint density at radius 3 is 2.35 bits per heavy atom. The van der Waals surface area contributed by atoms with Crippen LogP contribution in [0.25, 0.3) is 0 Å². The maximum absolute atomic E-state index is 12.8. The van der Waals surface area contributed by atoms with Gasteiger partial charge in [0.05, 0.1) is 0 Å². The molecule has 0 radical (unpaired) electrons. The Morgan fingerprint density at radius 2 is 1.75 bits per heavy atom. The first-order valence-electron chi connectivity index (χ1n) is 8.72. The second kappa shape index (κ2) is 6.05. The van der Waals surface area contributed by atoms with Gasteiger partial charge >= 0.3 is 0 Å². The van der Waals surface area contributed by atoms with E-state index in [0.29, 0.717) is 5.91 Å². The number of carbonyl (C=O) groups excluding carboxylic acids is 1. The van der Waals surface area contributed by atoms with Gasteiger partial charge in [-0.25, -0.2) is 0 Å². The number of hydrogen-bond donors (Lipinski definition) is 1. The number of piperidine rings is 1. The third-order valence-corrected chi connectivity index (χ3v) is 5.97. The van der Waals surface area contributed by atoms with Gasteiger partial charge in [-0.15, -0.1) is 0 Å². The van der Waals surface area contributed by atoms with Crippen LogP contribution in [0, 0.1) is 11.3 Å². The summed E-state index contributed by atoms with van der Waals surface area (Å²) in [6.07, 6.45) is 11.1. The minimum Gasteiger partial charge on any atom is -0.342 e. The highest BCUT2D eigenvalue weighted by molar-refractivity contribution is 5.82. The van der Waals surface area contributed by atoms with Crippen LogP contribution in [0.4, 0.5) is 0 Å². The average molecular weight is 278 g/mol. The summed E-state index contributed by atoms with van der Waals surface area (Å²) in [6, 6.07) is 0.734. The molecule has 1 N–H and O–H groups in total. The van der Waals surface area contributed by atoms with Gasteiger partial charge in [0.15, 0.2) is 0 Å². The van der Waals surface area contributed by atoms with Crippen LogP contribution in [0.5, 0.6) is 0 Å². The standard InChI is InChI=1S/C17H30N2O/c1-17(9-3-2-4-10-17)16(20)19-12-7-14(8-13-19)15-6-5-11-18-15/h14-15,18H,2-13H2,1H3. The van der Waals surface area contributed by atoms with E-state index in [1.807, 2.05) is 0 Å². The third-order valence-electron chi connectivity index (χ3n) is 5.97. The highest BCUT2D eigenvalue weighted by Gasteiger charge is 2.39. The summed E-state index contributed by atoms with van der Waals surface area (Å²) in [5, 5.41) is 3.64. The molecule has 0 bridgehead atoms. The van der Waals surface area contributed by atoms with Gasteiger partial charge in [0, 0.05) is 24.5 Å². The van der Waals surface area contributed by atoms with E-state index in [1.54, 1.807) is 0 Å². The number of hydrogen-bond acceptors (Lipinski definition) is 2. The van der Waals surface area contributed by atoms with Crippen molar-refractivity contribution in [2.75, 3.05) is 19.6 Å². The fourth-order valence-corrected chi connectivity index (χ4v) is 4.55. The van der Waals surface area contributed by atoms with Crippen LogP contribution >= 0.6 is 0 Å². The van der Waals surface area contributed by atoms with Crippen LogP contribution in [-0.4, -0.2) is 36.5 Å². The van der Waals surface area contributed by atoms with E-state index in [1.165, 1.54) is 51.5 Å². The second-order valence-electron chi connectivity index (χ2n) is 7.45. The fraction of sp³-hybridized carbons (Fsp3) is 0.941. The predicted octanol–water partition coefficient (Wildman–Crippen LogP) is 2.95. The lowest BCUT2D eigenvalue weighted by molar-refractivity contribution is -0.144. The molecule has 3 rings (SSSR count). The van der Waals surface area contributed by atoms with Crippen LogP contribution in [-0.2, 0) is 4.79 Å². The molecule has 1 amide bonds. The first-order valence-corrected chi connectivity index (χ1v) is 8.72. The molecule has 20 heavy (non-hydrogen) atoms. The van der Waals surface area contributed by atoms with E-state index in [-0.39, 0.29) is 5.41 Å². The number of carbonyl (C=O) groups is 1. The Hall–Kier alpha value is -0.570. The van der Waals surface area contributed by atoms with E-state index in [2.05, 4.69) is 17.1 Å². The van der Waals surface area contributed by atoms with Crippen molar-refractivity contribution >= 4 is 5.91 Å². The van der Waals surface area contributed by atoms with Crippen molar-refractivity contribution in [3.8, 4) is 0 Å². The quantitative estimate of drug-likeness (QED) is 0.842. The Kier molecular flexibility index (Phi) is 4.34. The molecule has 0 aromatic rings. The van der Waals surface area contributed by atoms with Crippen molar-refractivity contribution in [3.05, 3.63) is 0 Å². The fourth-order valence-electron chi connectivity index (χ4n) is 4.55. The zero-order valence-electron chi connectivity index (χ0n) is 13.0. The minimum atomic E-state index is -0.0449. The summed E-state index contributed by atoms with van der Waals surface area (Å²) in [4.78, 5) is 15.0. The van der Waals surface area contributed by atoms with E-state index >= 15 is 0 Å². The largest absolute Gasteiger partial charge is 0.342 e. The number of amides is 1. The third kappa shape index (κ3) is 2.88. The molecule has 1 saturated carbocycles. The summed E-state index contributed by atoms with van der Waals surface area (Å²) in [5.41, 5.74) is -0.0449. The summed E-state index contributed by atoms with van der Waals surface area (Å²) >= 11 is 0. The van der Waals surface area contributed by atoms with Crippen molar-refractivity contribution in [2.45, 2.75) is 70.8 Å². The van der Waals surface area contributed by atoms with E-state index in [4.69, 9.17) is 0 Å². The Bertz CT molecular complexity index is 335. The lowest BCUT2D eigenvalue weighted by Gasteiger charge is -2.41. The van der Waals surface area contributed by atoms with Crippen LogP contribution in [0.2, 0.25) is 0 Å². The lowest BCUT2D eigenvalue weighted by atomic mass is 9.74. The Labute approximate surface area is 123 Å². The molecule has 2 saturated heterocycles. The molecule has 1 aliphatic carbocycles. The van der Waals surface area contributed by atoms with Crippen LogP contribution in [0.1, 0.15) is 64.7 Å². The van der Waals surface area contributed by atoms with E-state index in [9.17, 15) is 4.79 Å². The molecule has 3 fully saturated rings. The topological polar surface area (TPSA) is 32.3 Å². The minimum absolute atomic E-state index is 0.0449. The van der Waals surface area contributed by atoms with Gasteiger partial charge in [-0.2, -0.15) is 0 Å². The van der Waals surface area contributed by atoms with Gasteiger partial charge in [0.1, 0.15) is 0 Å². The molecular formula is C17H30N2O. The molecule has 1 atom stereocenters. The molecule has 0 aromatic carbocycles. The molecule has 114 valence electrons. The summed E-state index contributed by atoms with van der Waals surface area (Å²) < 4.78 is 0. The lowest BCUT2D eigenvalue weighted by Crippen LogP contribution is -2.48. The van der Waals surface area contributed by atoms with E-state index < -0.39 is 0 Å². The smallest absolute Gasteiger partial charge is 0.228 e. The van der Waals surface area contributed by atoms with Crippen molar-refractivity contribution in [2.24, 2.45) is 11.3 Å². The zero-order valence-corrected chi connectivity index (χ0v) is 13.0. The number of nitrogens with one attached hydrogen (secondary N) is 1. The maximum Gasteiger partial charge on any atom is 0.228 e. The van der Waals surface area contributed by atoms with Crippen molar-refractivity contribution in [1.82, 2.24) is 10.2 Å². The highest BCUT2D eigenvalue weighted by atomic mass is 16.2. The first-order chi connectivity index (χ1) is 9.69. The molecule has 3 aliphatic rings. The molecular weight excluding hydrogens is 248 g/mol. The average Bonchev–Trinajstić information content (AvgIpc) is 3.02. The normalized spacial score (nSPS) is 31.4. The second-order valence-corrected chi connectivity index (χ2v) is 7.45. The van der Waals surface area contributed by atoms with Crippen LogP contribution < -0.4 is 5.32 Å². The molecule has 2 heterocycles.